The van der Waals surface area contributed by atoms with E-state index in [1.807, 2.05) is 4.68 Å². The van der Waals surface area contributed by atoms with Gasteiger partial charge in [0.15, 0.2) is 0 Å². The van der Waals surface area contributed by atoms with Crippen LogP contribution in [0.1, 0.15) is 49.9 Å². The molecule has 0 radical (unpaired) electrons. The van der Waals surface area contributed by atoms with Crippen molar-refractivity contribution in [2.24, 2.45) is 18.9 Å². The van der Waals surface area contributed by atoms with Crippen molar-refractivity contribution >= 4 is 0 Å². The Bertz CT molecular complexity index is 392. The van der Waals surface area contributed by atoms with Crippen LogP contribution in [0.2, 0.25) is 0 Å². The van der Waals surface area contributed by atoms with Crippen LogP contribution in [0.5, 0.6) is 0 Å². The summed E-state index contributed by atoms with van der Waals surface area (Å²) in [6.45, 7) is 3.56. The van der Waals surface area contributed by atoms with Crippen LogP contribution in [0.25, 0.3) is 0 Å². The first-order chi connectivity index (χ1) is 8.25. The fraction of sp³-hybridized carbons (Fsp3) is 0.786. The van der Waals surface area contributed by atoms with E-state index in [1.165, 1.54) is 49.9 Å². The van der Waals surface area contributed by atoms with Gasteiger partial charge in [-0.05, 0) is 50.5 Å². The van der Waals surface area contributed by atoms with E-state index >= 15 is 0 Å². The number of aryl methyl sites for hydroxylation is 1. The molecule has 3 heteroatoms. The smallest absolute Gasteiger partial charge is 0.0540 e. The van der Waals surface area contributed by atoms with Crippen molar-refractivity contribution in [3.05, 3.63) is 17.5 Å². The number of nitrogens with zero attached hydrogens (tertiary/aromatic N) is 2. The first kappa shape index (κ1) is 11.3. The van der Waals surface area contributed by atoms with Crippen LogP contribution in [-0.2, 0) is 13.5 Å². The predicted molar refractivity (Wildman–Crippen MR) is 68.8 cm³/mol. The van der Waals surface area contributed by atoms with E-state index < -0.39 is 0 Å². The maximum Gasteiger partial charge on any atom is 0.0540 e. The van der Waals surface area contributed by atoms with Crippen molar-refractivity contribution in [1.82, 2.24) is 15.1 Å². The van der Waals surface area contributed by atoms with E-state index in [0.717, 1.165) is 11.8 Å². The van der Waals surface area contributed by atoms with Crippen LogP contribution in [0.3, 0.4) is 0 Å². The minimum Gasteiger partial charge on any atom is -0.310 e. The molecule has 1 fully saturated rings. The SMILES string of the molecule is CC(CNC1CCCc2c1cnn2C)C1CC1. The zero-order valence-corrected chi connectivity index (χ0v) is 10.9. The second kappa shape index (κ2) is 4.45. The van der Waals surface area contributed by atoms with Gasteiger partial charge in [-0.3, -0.25) is 4.68 Å². The Hall–Kier alpha value is -0.830. The lowest BCUT2D eigenvalue weighted by Gasteiger charge is -2.25. The van der Waals surface area contributed by atoms with E-state index in [1.54, 1.807) is 0 Å². The van der Waals surface area contributed by atoms with E-state index in [0.29, 0.717) is 6.04 Å². The number of hydrogen-bond donors (Lipinski definition) is 1. The van der Waals surface area contributed by atoms with Gasteiger partial charge in [-0.25, -0.2) is 0 Å². The molecule has 2 unspecified atom stereocenters. The fourth-order valence-corrected chi connectivity index (χ4v) is 3.08. The monoisotopic (exact) mass is 233 g/mol. The molecule has 17 heavy (non-hydrogen) atoms. The molecule has 1 aromatic heterocycles. The number of hydrogen-bond acceptors (Lipinski definition) is 2. The summed E-state index contributed by atoms with van der Waals surface area (Å²) in [6.07, 6.45) is 8.73. The van der Waals surface area contributed by atoms with Crippen molar-refractivity contribution in [1.29, 1.82) is 0 Å². The van der Waals surface area contributed by atoms with Gasteiger partial charge in [-0.1, -0.05) is 6.92 Å². The molecule has 0 saturated heterocycles. The molecule has 2 atom stereocenters. The molecular formula is C14H23N3. The molecule has 2 aliphatic carbocycles. The summed E-state index contributed by atoms with van der Waals surface area (Å²) in [5, 5.41) is 8.16. The fourth-order valence-electron chi connectivity index (χ4n) is 3.08. The van der Waals surface area contributed by atoms with Crippen molar-refractivity contribution in [3.63, 3.8) is 0 Å². The Labute approximate surface area is 104 Å². The van der Waals surface area contributed by atoms with Gasteiger partial charge in [0.2, 0.25) is 0 Å². The molecule has 3 nitrogen and oxygen atoms in total. The molecule has 1 aromatic rings. The third kappa shape index (κ3) is 2.25. The summed E-state index contributed by atoms with van der Waals surface area (Å²) in [6, 6.07) is 0.550. The van der Waals surface area contributed by atoms with Crippen LogP contribution in [0.15, 0.2) is 6.20 Å². The summed E-state index contributed by atoms with van der Waals surface area (Å²) in [5.41, 5.74) is 2.88. The van der Waals surface area contributed by atoms with Gasteiger partial charge in [0.25, 0.3) is 0 Å². The molecule has 1 saturated carbocycles. The number of nitrogens with one attached hydrogen (secondary N) is 1. The Morgan fingerprint density at radius 3 is 3.06 bits per heavy atom. The standard InChI is InChI=1S/C14H23N3/c1-10(11-6-7-11)8-15-13-4-3-5-14-12(13)9-16-17(14)2/h9-11,13,15H,3-8H2,1-2H3. The molecule has 2 aliphatic rings. The van der Waals surface area contributed by atoms with Crippen molar-refractivity contribution in [2.45, 2.75) is 45.1 Å². The molecule has 0 bridgehead atoms. The Morgan fingerprint density at radius 1 is 1.47 bits per heavy atom. The molecule has 1 N–H and O–H groups in total. The maximum absolute atomic E-state index is 4.40. The van der Waals surface area contributed by atoms with Crippen LogP contribution < -0.4 is 5.32 Å². The highest BCUT2D eigenvalue weighted by Gasteiger charge is 2.29. The zero-order valence-electron chi connectivity index (χ0n) is 10.9. The van der Waals surface area contributed by atoms with Crippen LogP contribution in [0, 0.1) is 11.8 Å². The van der Waals surface area contributed by atoms with Gasteiger partial charge in [-0.15, -0.1) is 0 Å². The molecule has 0 aliphatic heterocycles. The summed E-state index contributed by atoms with van der Waals surface area (Å²) >= 11 is 0. The number of fused-ring (bicyclic) bond motifs is 1. The first-order valence-corrected chi connectivity index (χ1v) is 7.00. The van der Waals surface area contributed by atoms with E-state index in [-0.39, 0.29) is 0 Å². The summed E-state index contributed by atoms with van der Waals surface area (Å²) in [4.78, 5) is 0. The third-order valence-corrected chi connectivity index (χ3v) is 4.49. The number of rotatable bonds is 4. The average molecular weight is 233 g/mol. The number of aromatic nitrogens is 2. The van der Waals surface area contributed by atoms with Gasteiger partial charge in [0, 0.05) is 24.3 Å². The quantitative estimate of drug-likeness (QED) is 0.865. The molecule has 3 rings (SSSR count). The zero-order chi connectivity index (χ0) is 11.8. The van der Waals surface area contributed by atoms with Crippen LogP contribution >= 0.6 is 0 Å². The van der Waals surface area contributed by atoms with Crippen molar-refractivity contribution < 1.29 is 0 Å². The van der Waals surface area contributed by atoms with E-state index in [2.05, 4.69) is 30.6 Å². The second-order valence-electron chi connectivity index (χ2n) is 5.84. The molecule has 0 aromatic carbocycles. The van der Waals surface area contributed by atoms with E-state index in [4.69, 9.17) is 0 Å². The lowest BCUT2D eigenvalue weighted by atomic mass is 9.92. The van der Waals surface area contributed by atoms with Crippen LogP contribution in [-0.4, -0.2) is 16.3 Å². The van der Waals surface area contributed by atoms with Gasteiger partial charge in [-0.2, -0.15) is 5.10 Å². The summed E-state index contributed by atoms with van der Waals surface area (Å²) in [5.74, 6) is 1.84. The van der Waals surface area contributed by atoms with Gasteiger partial charge < -0.3 is 5.32 Å². The Kier molecular flexibility index (Phi) is 2.95. The average Bonchev–Trinajstić information content (AvgIpc) is 3.12. The molecular weight excluding hydrogens is 210 g/mol. The minimum absolute atomic E-state index is 0.550. The summed E-state index contributed by atoms with van der Waals surface area (Å²) in [7, 11) is 2.06. The third-order valence-electron chi connectivity index (χ3n) is 4.49. The van der Waals surface area contributed by atoms with Gasteiger partial charge >= 0.3 is 0 Å². The summed E-state index contributed by atoms with van der Waals surface area (Å²) < 4.78 is 2.05. The van der Waals surface area contributed by atoms with Crippen molar-refractivity contribution in [2.75, 3.05) is 6.54 Å². The highest BCUT2D eigenvalue weighted by molar-refractivity contribution is 5.24. The molecule has 94 valence electrons. The lowest BCUT2D eigenvalue weighted by molar-refractivity contribution is 0.389. The highest BCUT2D eigenvalue weighted by Crippen LogP contribution is 2.37. The topological polar surface area (TPSA) is 29.9 Å². The lowest BCUT2D eigenvalue weighted by Crippen LogP contribution is -2.29. The van der Waals surface area contributed by atoms with Gasteiger partial charge in [0.05, 0.1) is 6.20 Å². The highest BCUT2D eigenvalue weighted by atomic mass is 15.3. The largest absolute Gasteiger partial charge is 0.310 e. The van der Waals surface area contributed by atoms with Gasteiger partial charge in [0.1, 0.15) is 0 Å². The van der Waals surface area contributed by atoms with Crippen molar-refractivity contribution in [3.8, 4) is 0 Å². The molecule has 1 heterocycles. The van der Waals surface area contributed by atoms with Crippen LogP contribution in [0.4, 0.5) is 0 Å². The predicted octanol–water partition coefficient (Wildman–Crippen LogP) is 2.43. The molecule has 0 amide bonds. The minimum atomic E-state index is 0.550. The maximum atomic E-state index is 4.40. The van der Waals surface area contributed by atoms with E-state index in [9.17, 15) is 0 Å². The first-order valence-electron chi connectivity index (χ1n) is 7.00. The Balaban J connectivity index is 1.63. The Morgan fingerprint density at radius 2 is 2.29 bits per heavy atom. The second-order valence-corrected chi connectivity index (χ2v) is 5.84. The molecule has 0 spiro atoms. The normalized spacial score (nSPS) is 25.6.